The highest BCUT2D eigenvalue weighted by atomic mass is 35.5. The summed E-state index contributed by atoms with van der Waals surface area (Å²) in [4.78, 5) is 22.2. The number of carbonyl (C=O) groups excluding carboxylic acids is 1. The van der Waals surface area contributed by atoms with Gasteiger partial charge in [-0.25, -0.2) is 9.88 Å². The van der Waals surface area contributed by atoms with E-state index in [1.807, 2.05) is 0 Å². The smallest absolute Gasteiger partial charge is 0.284 e. The van der Waals surface area contributed by atoms with Gasteiger partial charge in [0.1, 0.15) is 24.5 Å². The molecule has 0 bridgehead atoms. The van der Waals surface area contributed by atoms with E-state index in [4.69, 9.17) is 37.8 Å². The van der Waals surface area contributed by atoms with Crippen LogP contribution < -0.4 is 4.90 Å². The van der Waals surface area contributed by atoms with Crippen LogP contribution in [0.1, 0.15) is 26.7 Å². The molecule has 0 saturated carbocycles. The van der Waals surface area contributed by atoms with Crippen molar-refractivity contribution in [1.82, 2.24) is 14.8 Å². The lowest BCUT2D eigenvalue weighted by Gasteiger charge is -2.29. The quantitative estimate of drug-likeness (QED) is 0.122. The van der Waals surface area contributed by atoms with Crippen LogP contribution in [0.25, 0.3) is 0 Å². The Hall–Kier alpha value is -1.87. The third-order valence-corrected chi connectivity index (χ3v) is 6.45. The Labute approximate surface area is 202 Å². The Morgan fingerprint density at radius 2 is 2.09 bits per heavy atom. The largest absolute Gasteiger partial charge is 0.368 e. The second-order valence-electron chi connectivity index (χ2n) is 7.42. The van der Waals surface area contributed by atoms with E-state index in [0.29, 0.717) is 24.5 Å². The summed E-state index contributed by atoms with van der Waals surface area (Å²) >= 11 is 12.0. The summed E-state index contributed by atoms with van der Waals surface area (Å²) in [6.45, 7) is 3.46. The lowest BCUT2D eigenvalue weighted by atomic mass is 10.2. The number of aromatic nitrogens is 1. The molecule has 11 nitrogen and oxygen atoms in total. The third kappa shape index (κ3) is 5.98. The van der Waals surface area contributed by atoms with Crippen molar-refractivity contribution in [2.75, 3.05) is 23.9 Å². The number of hydrogen-bond donors (Lipinski definition) is 2. The second kappa shape index (κ2) is 10.6. The van der Waals surface area contributed by atoms with Crippen molar-refractivity contribution in [2.45, 2.75) is 44.8 Å². The molecule has 0 spiro atoms. The van der Waals surface area contributed by atoms with E-state index in [9.17, 15) is 18.3 Å². The van der Waals surface area contributed by atoms with Crippen molar-refractivity contribution in [3.05, 3.63) is 35.8 Å². The van der Waals surface area contributed by atoms with Gasteiger partial charge < -0.3 is 19.5 Å². The minimum Gasteiger partial charge on any atom is -0.368 e. The number of aliphatic hydroxyl groups excluding tert-OH is 1. The molecule has 3 unspecified atom stereocenters. The number of pyridine rings is 1. The van der Waals surface area contributed by atoms with Crippen LogP contribution >= 0.6 is 23.8 Å². The molecule has 2 fully saturated rings. The highest BCUT2D eigenvalue weighted by molar-refractivity contribution is 7.85. The van der Waals surface area contributed by atoms with Gasteiger partial charge in [-0.05, 0) is 51.0 Å². The van der Waals surface area contributed by atoms with Gasteiger partial charge in [-0.2, -0.15) is 8.42 Å². The van der Waals surface area contributed by atoms with Crippen molar-refractivity contribution in [3.63, 3.8) is 0 Å². The number of rotatable bonds is 9. The Balaban J connectivity index is 1.98. The minimum absolute atomic E-state index is 0.0714. The lowest BCUT2D eigenvalue weighted by molar-refractivity contribution is -0.146. The molecule has 1 aromatic rings. The number of ether oxygens (including phenoxy) is 2. The zero-order chi connectivity index (χ0) is 24.3. The molecule has 0 aliphatic carbocycles. The lowest BCUT2D eigenvalue weighted by Crippen LogP contribution is -2.41. The van der Waals surface area contributed by atoms with Crippen LogP contribution in [0.4, 0.5) is 5.82 Å². The fourth-order valence-corrected chi connectivity index (χ4v) is 4.86. The van der Waals surface area contributed by atoms with Crippen molar-refractivity contribution in [3.8, 4) is 0 Å². The number of unbranched alkanes of at least 4 members (excludes halogenated alkanes) is 1. The van der Waals surface area contributed by atoms with Crippen molar-refractivity contribution >= 4 is 50.8 Å². The zero-order valence-corrected chi connectivity index (χ0v) is 20.4. The summed E-state index contributed by atoms with van der Waals surface area (Å²) in [6, 6.07) is 5.05. The zero-order valence-electron chi connectivity index (χ0n) is 18.0. The number of carbonyl (C=O) groups is 1. The summed E-state index contributed by atoms with van der Waals surface area (Å²) in [5.74, 6) is -0.560. The predicted molar refractivity (Wildman–Crippen MR) is 123 cm³/mol. The molecular formula is C19H25ClN4O7S2. The SMILES string of the molecule is CC(O)OC(C)N1C(=S)N(c2ccccn2)C(=O)C1=C1C(Cl)OCN1CCCCS(=O)(=O)O. The molecular weight excluding hydrogens is 496 g/mol. The normalized spacial score (nSPS) is 23.5. The van der Waals surface area contributed by atoms with Crippen LogP contribution in [-0.4, -0.2) is 81.0 Å². The van der Waals surface area contributed by atoms with E-state index < -0.39 is 34.1 Å². The number of anilines is 1. The van der Waals surface area contributed by atoms with E-state index in [2.05, 4.69) is 4.98 Å². The summed E-state index contributed by atoms with van der Waals surface area (Å²) in [6.07, 6.45) is 0.176. The number of amides is 1. The molecule has 2 N–H and O–H groups in total. The van der Waals surface area contributed by atoms with Crippen LogP contribution in [0, 0.1) is 0 Å². The Bertz CT molecular complexity index is 1020. The van der Waals surface area contributed by atoms with Crippen LogP contribution in [0.2, 0.25) is 0 Å². The average Bonchev–Trinajstić information content (AvgIpc) is 3.20. The highest BCUT2D eigenvalue weighted by Gasteiger charge is 2.47. The van der Waals surface area contributed by atoms with E-state index in [0.717, 1.165) is 0 Å². The molecule has 3 rings (SSSR count). The first-order valence-corrected chi connectivity index (χ1v) is 12.6. The first-order chi connectivity index (χ1) is 15.5. The van der Waals surface area contributed by atoms with Crippen molar-refractivity contribution in [1.29, 1.82) is 0 Å². The number of nitrogens with zero attached hydrogens (tertiary/aromatic N) is 4. The molecule has 33 heavy (non-hydrogen) atoms. The van der Waals surface area contributed by atoms with E-state index in [-0.39, 0.29) is 29.7 Å². The van der Waals surface area contributed by atoms with Gasteiger partial charge in [0.05, 0.1) is 11.4 Å². The van der Waals surface area contributed by atoms with Crippen molar-refractivity contribution < 1.29 is 32.3 Å². The van der Waals surface area contributed by atoms with E-state index in [1.165, 1.54) is 22.9 Å². The summed E-state index contributed by atoms with van der Waals surface area (Å²) in [7, 11) is -4.07. The number of aliphatic hydroxyl groups is 1. The Kier molecular flexibility index (Phi) is 8.26. The molecule has 2 aliphatic heterocycles. The highest BCUT2D eigenvalue weighted by Crippen LogP contribution is 2.36. The monoisotopic (exact) mass is 520 g/mol. The number of thiocarbonyl (C=S) groups is 1. The summed E-state index contributed by atoms with van der Waals surface area (Å²) < 4.78 is 41.9. The fraction of sp³-hybridized carbons (Fsp3) is 0.526. The molecule has 1 aromatic heterocycles. The molecule has 14 heteroatoms. The average molecular weight is 521 g/mol. The fourth-order valence-electron chi connectivity index (χ4n) is 3.58. The van der Waals surface area contributed by atoms with Crippen LogP contribution in [0.15, 0.2) is 35.8 Å². The van der Waals surface area contributed by atoms with E-state index in [1.54, 1.807) is 30.0 Å². The number of alkyl halides is 1. The predicted octanol–water partition coefficient (Wildman–Crippen LogP) is 1.45. The Morgan fingerprint density at radius 1 is 1.36 bits per heavy atom. The number of halogens is 1. The molecule has 0 aromatic carbocycles. The Morgan fingerprint density at radius 3 is 2.70 bits per heavy atom. The number of hydrogen-bond acceptors (Lipinski definition) is 9. The maximum Gasteiger partial charge on any atom is 0.284 e. The molecule has 2 saturated heterocycles. The van der Waals surface area contributed by atoms with Gasteiger partial charge in [0.2, 0.25) is 0 Å². The third-order valence-electron chi connectivity index (χ3n) is 4.94. The van der Waals surface area contributed by atoms with Crippen LogP contribution in [0.3, 0.4) is 0 Å². The van der Waals surface area contributed by atoms with Crippen LogP contribution in [-0.2, 0) is 24.4 Å². The van der Waals surface area contributed by atoms with Gasteiger partial charge in [-0.3, -0.25) is 14.2 Å². The molecule has 2 aliphatic rings. The standard InChI is InChI=1S/C19H25ClN4O7S2/c1-12(31-13(2)25)23-16(18(26)24(19(23)32)14-7-3-4-8-21-14)15-17(20)30-11-22(15)9-5-6-10-33(27,28)29/h3-4,7-8,12-13,17,25H,5-6,9-11H2,1-2H3,(H,27,28,29). The van der Waals surface area contributed by atoms with Gasteiger partial charge in [0, 0.05) is 12.7 Å². The first-order valence-electron chi connectivity index (χ1n) is 10.1. The maximum absolute atomic E-state index is 13.6. The van der Waals surface area contributed by atoms with Gasteiger partial charge in [0.25, 0.3) is 16.0 Å². The molecule has 3 heterocycles. The maximum atomic E-state index is 13.6. The van der Waals surface area contributed by atoms with Gasteiger partial charge in [-0.1, -0.05) is 17.7 Å². The van der Waals surface area contributed by atoms with Gasteiger partial charge in [-0.15, -0.1) is 0 Å². The van der Waals surface area contributed by atoms with Crippen LogP contribution in [0.5, 0.6) is 0 Å². The molecule has 0 radical (unpaired) electrons. The minimum atomic E-state index is -4.07. The van der Waals surface area contributed by atoms with Gasteiger partial charge in [0.15, 0.2) is 17.0 Å². The first kappa shape index (κ1) is 25.7. The topological polar surface area (TPSA) is 133 Å². The summed E-state index contributed by atoms with van der Waals surface area (Å²) in [5, 5.41) is 9.83. The second-order valence-corrected chi connectivity index (χ2v) is 9.75. The molecule has 1 amide bonds. The van der Waals surface area contributed by atoms with Crippen molar-refractivity contribution in [2.24, 2.45) is 0 Å². The molecule has 3 atom stereocenters. The van der Waals surface area contributed by atoms with Gasteiger partial charge >= 0.3 is 0 Å². The van der Waals surface area contributed by atoms with E-state index >= 15 is 0 Å². The molecule has 182 valence electrons. The summed E-state index contributed by atoms with van der Waals surface area (Å²) in [5.41, 5.74) is -0.514.